The van der Waals surface area contributed by atoms with Crippen molar-refractivity contribution in [3.8, 4) is 0 Å². The molecule has 0 unspecified atom stereocenters. The lowest BCUT2D eigenvalue weighted by Crippen LogP contribution is -2.35. The molecule has 7 heteroatoms. The minimum Gasteiger partial charge on any atom is -0.465 e. The number of carbonyl (C=O) groups is 2. The normalized spacial score (nSPS) is 14.1. The quantitative estimate of drug-likeness (QED) is 0.706. The molecule has 0 spiro atoms. The smallest absolute Gasteiger partial charge is 0.407 e. The van der Waals surface area contributed by atoms with Crippen molar-refractivity contribution in [2.24, 2.45) is 0 Å². The Kier molecular flexibility index (Phi) is 2.90. The van der Waals surface area contributed by atoms with Crippen molar-refractivity contribution in [1.82, 2.24) is 15.1 Å². The second-order valence-corrected chi connectivity index (χ2v) is 3.65. The molecule has 1 N–H and O–H groups in total. The standard InChI is InChI=1S/C10H11N3O4/c1-17-9(14)8-4-6-5-13(10(15)16)3-2-7(6)11-12-8/h4H,2-3,5H2,1H3,(H,15,16). The molecule has 0 saturated carbocycles. The van der Waals surface area contributed by atoms with E-state index in [1.165, 1.54) is 18.1 Å². The van der Waals surface area contributed by atoms with Gasteiger partial charge in [0.2, 0.25) is 0 Å². The van der Waals surface area contributed by atoms with Crippen molar-refractivity contribution in [3.05, 3.63) is 23.0 Å². The molecule has 0 radical (unpaired) electrons. The molecule has 1 aliphatic rings. The third-order valence-corrected chi connectivity index (χ3v) is 2.60. The number of fused-ring (bicyclic) bond motifs is 1. The van der Waals surface area contributed by atoms with E-state index in [4.69, 9.17) is 5.11 Å². The highest BCUT2D eigenvalue weighted by Crippen LogP contribution is 2.17. The van der Waals surface area contributed by atoms with E-state index in [0.29, 0.717) is 18.5 Å². The maximum absolute atomic E-state index is 11.3. The molecule has 17 heavy (non-hydrogen) atoms. The lowest BCUT2D eigenvalue weighted by Gasteiger charge is -2.25. The molecular weight excluding hydrogens is 226 g/mol. The molecule has 7 nitrogen and oxygen atoms in total. The van der Waals surface area contributed by atoms with Crippen LogP contribution in [0.15, 0.2) is 6.07 Å². The van der Waals surface area contributed by atoms with E-state index >= 15 is 0 Å². The third-order valence-electron chi connectivity index (χ3n) is 2.60. The average Bonchev–Trinajstić information content (AvgIpc) is 2.36. The monoisotopic (exact) mass is 237 g/mol. The van der Waals surface area contributed by atoms with Crippen molar-refractivity contribution < 1.29 is 19.4 Å². The average molecular weight is 237 g/mol. The predicted molar refractivity (Wildman–Crippen MR) is 55.5 cm³/mol. The van der Waals surface area contributed by atoms with Gasteiger partial charge in [-0.1, -0.05) is 0 Å². The SMILES string of the molecule is COC(=O)c1cc2c(nn1)CCN(C(=O)O)C2. The number of nitrogens with zero attached hydrogens (tertiary/aromatic N) is 3. The summed E-state index contributed by atoms with van der Waals surface area (Å²) in [4.78, 5) is 23.4. The van der Waals surface area contributed by atoms with Gasteiger partial charge in [0.1, 0.15) is 0 Å². The first kappa shape index (κ1) is 11.3. The van der Waals surface area contributed by atoms with Gasteiger partial charge in [0.15, 0.2) is 5.69 Å². The van der Waals surface area contributed by atoms with Crippen LogP contribution < -0.4 is 0 Å². The van der Waals surface area contributed by atoms with Crippen molar-refractivity contribution >= 4 is 12.1 Å². The van der Waals surface area contributed by atoms with Crippen molar-refractivity contribution in [1.29, 1.82) is 0 Å². The van der Waals surface area contributed by atoms with Crippen LogP contribution in [0, 0.1) is 0 Å². The number of ether oxygens (including phenoxy) is 1. The number of aromatic nitrogens is 2. The number of hydrogen-bond acceptors (Lipinski definition) is 5. The molecule has 0 saturated heterocycles. The number of hydrogen-bond donors (Lipinski definition) is 1. The lowest BCUT2D eigenvalue weighted by atomic mass is 10.1. The van der Waals surface area contributed by atoms with E-state index < -0.39 is 12.1 Å². The van der Waals surface area contributed by atoms with Crippen LogP contribution in [0.1, 0.15) is 21.7 Å². The van der Waals surface area contributed by atoms with E-state index in [-0.39, 0.29) is 12.2 Å². The zero-order chi connectivity index (χ0) is 12.4. The summed E-state index contributed by atoms with van der Waals surface area (Å²) < 4.78 is 4.53. The van der Waals surface area contributed by atoms with Gasteiger partial charge < -0.3 is 14.7 Å². The number of amides is 1. The largest absolute Gasteiger partial charge is 0.465 e. The summed E-state index contributed by atoms with van der Waals surface area (Å²) in [5.41, 5.74) is 1.53. The fourth-order valence-corrected chi connectivity index (χ4v) is 1.70. The number of carbonyl (C=O) groups excluding carboxylic acids is 1. The van der Waals surface area contributed by atoms with Crippen molar-refractivity contribution in [2.45, 2.75) is 13.0 Å². The third kappa shape index (κ3) is 2.17. The summed E-state index contributed by atoms with van der Waals surface area (Å²) in [6.45, 7) is 0.624. The Morgan fingerprint density at radius 3 is 2.88 bits per heavy atom. The fourth-order valence-electron chi connectivity index (χ4n) is 1.70. The van der Waals surface area contributed by atoms with Crippen LogP contribution in [-0.4, -0.2) is 45.9 Å². The first-order chi connectivity index (χ1) is 8.11. The summed E-state index contributed by atoms with van der Waals surface area (Å²) in [6, 6.07) is 1.53. The van der Waals surface area contributed by atoms with Gasteiger partial charge in [-0.25, -0.2) is 9.59 Å². The second kappa shape index (κ2) is 4.36. The molecule has 0 aliphatic carbocycles. The molecule has 0 bridgehead atoms. The van der Waals surface area contributed by atoms with Gasteiger partial charge in [-0.05, 0) is 11.6 Å². The van der Waals surface area contributed by atoms with Gasteiger partial charge >= 0.3 is 12.1 Å². The molecule has 1 aromatic rings. The summed E-state index contributed by atoms with van der Waals surface area (Å²) in [5.74, 6) is -0.576. The Morgan fingerprint density at radius 2 is 2.24 bits per heavy atom. The molecule has 1 amide bonds. The Hall–Kier alpha value is -2.18. The van der Waals surface area contributed by atoms with E-state index in [0.717, 1.165) is 5.69 Å². The van der Waals surface area contributed by atoms with E-state index in [9.17, 15) is 9.59 Å². The summed E-state index contributed by atoms with van der Waals surface area (Å²) in [6.07, 6.45) is -0.470. The topological polar surface area (TPSA) is 92.6 Å². The Labute approximate surface area is 97.0 Å². The number of esters is 1. The number of methoxy groups -OCH3 is 1. The predicted octanol–water partition coefficient (Wildman–Crippen LogP) is 0.299. The highest BCUT2D eigenvalue weighted by molar-refractivity contribution is 5.87. The van der Waals surface area contributed by atoms with Crippen LogP contribution in [0.4, 0.5) is 4.79 Å². The molecule has 1 aromatic heterocycles. The summed E-state index contributed by atoms with van der Waals surface area (Å²) >= 11 is 0. The molecule has 0 fully saturated rings. The van der Waals surface area contributed by atoms with Gasteiger partial charge in [0, 0.05) is 13.0 Å². The zero-order valence-electron chi connectivity index (χ0n) is 9.21. The molecule has 2 heterocycles. The van der Waals surface area contributed by atoms with Crippen LogP contribution >= 0.6 is 0 Å². The zero-order valence-corrected chi connectivity index (χ0v) is 9.21. The molecule has 90 valence electrons. The fraction of sp³-hybridized carbons (Fsp3) is 0.400. The van der Waals surface area contributed by atoms with Crippen molar-refractivity contribution in [2.75, 3.05) is 13.7 Å². The van der Waals surface area contributed by atoms with Gasteiger partial charge in [0.25, 0.3) is 0 Å². The van der Waals surface area contributed by atoms with Crippen molar-refractivity contribution in [3.63, 3.8) is 0 Å². The number of rotatable bonds is 1. The first-order valence-electron chi connectivity index (χ1n) is 5.03. The van der Waals surface area contributed by atoms with Gasteiger partial charge in [-0.2, -0.15) is 5.10 Å². The molecule has 1 aliphatic heterocycles. The lowest BCUT2D eigenvalue weighted by molar-refractivity contribution is 0.0592. The molecule has 0 atom stereocenters. The van der Waals surface area contributed by atoms with E-state index in [1.54, 1.807) is 0 Å². The maximum atomic E-state index is 11.3. The minimum atomic E-state index is -0.980. The molecule has 0 aromatic carbocycles. The minimum absolute atomic E-state index is 0.0958. The second-order valence-electron chi connectivity index (χ2n) is 3.65. The van der Waals surface area contributed by atoms with Gasteiger partial charge in [-0.3, -0.25) is 0 Å². The van der Waals surface area contributed by atoms with E-state index in [2.05, 4.69) is 14.9 Å². The van der Waals surface area contributed by atoms with Gasteiger partial charge in [-0.15, -0.1) is 5.10 Å². The maximum Gasteiger partial charge on any atom is 0.407 e. The van der Waals surface area contributed by atoms with E-state index in [1.807, 2.05) is 0 Å². The van der Waals surface area contributed by atoms with Crippen LogP contribution in [0.5, 0.6) is 0 Å². The number of carboxylic acid groups (broad SMARTS) is 1. The van der Waals surface area contributed by atoms with Crippen LogP contribution in [0.2, 0.25) is 0 Å². The summed E-state index contributed by atoms with van der Waals surface area (Å²) in [7, 11) is 1.26. The summed E-state index contributed by atoms with van der Waals surface area (Å²) in [5, 5.41) is 16.5. The van der Waals surface area contributed by atoms with Crippen LogP contribution in [0.3, 0.4) is 0 Å². The Balaban J connectivity index is 2.29. The van der Waals surface area contributed by atoms with Gasteiger partial charge in [0.05, 0.1) is 19.3 Å². The highest BCUT2D eigenvalue weighted by atomic mass is 16.5. The Morgan fingerprint density at radius 1 is 1.47 bits per heavy atom. The highest BCUT2D eigenvalue weighted by Gasteiger charge is 2.22. The van der Waals surface area contributed by atoms with Crippen LogP contribution in [0.25, 0.3) is 0 Å². The Bertz CT molecular complexity index is 475. The van der Waals surface area contributed by atoms with Crippen LogP contribution in [-0.2, 0) is 17.7 Å². The molecule has 2 rings (SSSR count). The first-order valence-corrected chi connectivity index (χ1v) is 5.03. The molecular formula is C10H11N3O4.